The standard InChI is InChI=1S/C9H18BrNO/c1-5-11(9(2,3)4)8(12)6-7-10/h5-7H2,1-4H3. The van der Waals surface area contributed by atoms with Crippen LogP contribution in [0.25, 0.3) is 0 Å². The Kier molecular flexibility index (Phi) is 4.83. The summed E-state index contributed by atoms with van der Waals surface area (Å²) in [4.78, 5) is 13.4. The van der Waals surface area contributed by atoms with Crippen LogP contribution >= 0.6 is 15.9 Å². The second kappa shape index (κ2) is 4.85. The molecule has 12 heavy (non-hydrogen) atoms. The highest BCUT2D eigenvalue weighted by Crippen LogP contribution is 2.14. The number of nitrogens with zero attached hydrogens (tertiary/aromatic N) is 1. The van der Waals surface area contributed by atoms with Gasteiger partial charge in [-0.2, -0.15) is 0 Å². The summed E-state index contributed by atoms with van der Waals surface area (Å²) in [6.45, 7) is 8.97. The Morgan fingerprint density at radius 3 is 2.17 bits per heavy atom. The second-order valence-corrected chi connectivity index (χ2v) is 4.54. The van der Waals surface area contributed by atoms with Crippen molar-refractivity contribution in [2.75, 3.05) is 11.9 Å². The van der Waals surface area contributed by atoms with E-state index in [4.69, 9.17) is 0 Å². The molecule has 0 unspecified atom stereocenters. The molecule has 72 valence electrons. The van der Waals surface area contributed by atoms with E-state index in [0.717, 1.165) is 11.9 Å². The number of carbonyl (C=O) groups is 1. The highest BCUT2D eigenvalue weighted by atomic mass is 79.9. The van der Waals surface area contributed by atoms with Gasteiger partial charge in [0.2, 0.25) is 5.91 Å². The molecule has 0 atom stereocenters. The van der Waals surface area contributed by atoms with Gasteiger partial charge in [0.15, 0.2) is 0 Å². The molecule has 0 aliphatic rings. The van der Waals surface area contributed by atoms with Gasteiger partial charge in [-0.05, 0) is 27.7 Å². The van der Waals surface area contributed by atoms with E-state index in [1.54, 1.807) is 0 Å². The molecule has 0 aliphatic carbocycles. The molecule has 1 amide bonds. The smallest absolute Gasteiger partial charge is 0.223 e. The molecule has 0 aromatic carbocycles. The van der Waals surface area contributed by atoms with Crippen LogP contribution in [0.4, 0.5) is 0 Å². The molecule has 0 saturated heterocycles. The number of alkyl halides is 1. The van der Waals surface area contributed by atoms with Crippen LogP contribution in [0.1, 0.15) is 34.1 Å². The third-order valence-electron chi connectivity index (χ3n) is 1.74. The van der Waals surface area contributed by atoms with Crippen molar-refractivity contribution in [2.45, 2.75) is 39.7 Å². The highest BCUT2D eigenvalue weighted by Gasteiger charge is 2.23. The van der Waals surface area contributed by atoms with Gasteiger partial charge >= 0.3 is 0 Å². The summed E-state index contributed by atoms with van der Waals surface area (Å²) < 4.78 is 0. The van der Waals surface area contributed by atoms with Crippen molar-refractivity contribution in [2.24, 2.45) is 0 Å². The third kappa shape index (κ3) is 3.57. The van der Waals surface area contributed by atoms with Crippen molar-refractivity contribution in [1.82, 2.24) is 4.90 Å². The Hall–Kier alpha value is -0.0500. The van der Waals surface area contributed by atoms with Crippen molar-refractivity contribution >= 4 is 21.8 Å². The van der Waals surface area contributed by atoms with Crippen LogP contribution in [-0.2, 0) is 4.79 Å². The average molecular weight is 236 g/mol. The van der Waals surface area contributed by atoms with Gasteiger partial charge < -0.3 is 4.90 Å². The molecule has 0 aliphatic heterocycles. The van der Waals surface area contributed by atoms with Crippen LogP contribution in [0.3, 0.4) is 0 Å². The monoisotopic (exact) mass is 235 g/mol. The number of rotatable bonds is 3. The van der Waals surface area contributed by atoms with Gasteiger partial charge in [-0.25, -0.2) is 0 Å². The maximum absolute atomic E-state index is 11.5. The minimum absolute atomic E-state index is 0.0476. The molecular weight excluding hydrogens is 218 g/mol. The van der Waals surface area contributed by atoms with Gasteiger partial charge in [-0.15, -0.1) is 0 Å². The van der Waals surface area contributed by atoms with Crippen molar-refractivity contribution < 1.29 is 4.79 Å². The first-order valence-corrected chi connectivity index (χ1v) is 5.42. The minimum Gasteiger partial charge on any atom is -0.338 e. The molecule has 0 bridgehead atoms. The number of carbonyl (C=O) groups excluding carboxylic acids is 1. The van der Waals surface area contributed by atoms with E-state index < -0.39 is 0 Å². The second-order valence-electron chi connectivity index (χ2n) is 3.75. The van der Waals surface area contributed by atoms with E-state index in [1.807, 2.05) is 11.8 Å². The van der Waals surface area contributed by atoms with E-state index in [9.17, 15) is 4.79 Å². The lowest BCUT2D eigenvalue weighted by molar-refractivity contribution is -0.135. The lowest BCUT2D eigenvalue weighted by Crippen LogP contribution is -2.45. The number of halogens is 1. The molecule has 2 nitrogen and oxygen atoms in total. The Morgan fingerprint density at radius 2 is 1.92 bits per heavy atom. The van der Waals surface area contributed by atoms with Crippen LogP contribution in [0.15, 0.2) is 0 Å². The lowest BCUT2D eigenvalue weighted by Gasteiger charge is -2.34. The van der Waals surface area contributed by atoms with Gasteiger partial charge in [0.1, 0.15) is 0 Å². The van der Waals surface area contributed by atoms with E-state index >= 15 is 0 Å². The Bertz CT molecular complexity index is 151. The predicted molar refractivity (Wildman–Crippen MR) is 55.6 cm³/mol. The van der Waals surface area contributed by atoms with Crippen molar-refractivity contribution in [3.05, 3.63) is 0 Å². The summed E-state index contributed by atoms with van der Waals surface area (Å²) in [6, 6.07) is 0. The van der Waals surface area contributed by atoms with E-state index in [0.29, 0.717) is 6.42 Å². The summed E-state index contributed by atoms with van der Waals surface area (Å²) in [6.07, 6.45) is 0.588. The fraction of sp³-hybridized carbons (Fsp3) is 0.889. The normalized spacial score (nSPS) is 11.4. The zero-order valence-electron chi connectivity index (χ0n) is 8.35. The Morgan fingerprint density at radius 1 is 1.42 bits per heavy atom. The first-order chi connectivity index (χ1) is 5.43. The number of hydrogen-bond acceptors (Lipinski definition) is 1. The molecule has 0 N–H and O–H groups in total. The van der Waals surface area contributed by atoms with Crippen LogP contribution in [0.2, 0.25) is 0 Å². The summed E-state index contributed by atoms with van der Waals surface area (Å²) in [5.74, 6) is 0.224. The largest absolute Gasteiger partial charge is 0.338 e. The summed E-state index contributed by atoms with van der Waals surface area (Å²) in [5.41, 5.74) is -0.0476. The lowest BCUT2D eigenvalue weighted by atomic mass is 10.1. The zero-order valence-corrected chi connectivity index (χ0v) is 9.94. The minimum atomic E-state index is -0.0476. The summed E-state index contributed by atoms with van der Waals surface area (Å²) in [7, 11) is 0. The van der Waals surface area contributed by atoms with Gasteiger partial charge in [0, 0.05) is 23.8 Å². The Labute approximate surface area is 83.4 Å². The quantitative estimate of drug-likeness (QED) is 0.689. The Balaban J connectivity index is 4.25. The number of amides is 1. The van der Waals surface area contributed by atoms with Crippen LogP contribution in [-0.4, -0.2) is 28.2 Å². The first kappa shape index (κ1) is 11.9. The fourth-order valence-corrected chi connectivity index (χ4v) is 1.58. The maximum Gasteiger partial charge on any atom is 0.223 e. The SMILES string of the molecule is CCN(C(=O)CCBr)C(C)(C)C. The number of hydrogen-bond donors (Lipinski definition) is 0. The van der Waals surface area contributed by atoms with E-state index in [1.165, 1.54) is 0 Å². The topological polar surface area (TPSA) is 20.3 Å². The average Bonchev–Trinajstić information content (AvgIpc) is 1.85. The molecular formula is C9H18BrNO. The molecule has 0 heterocycles. The molecule has 0 rings (SSSR count). The van der Waals surface area contributed by atoms with Gasteiger partial charge in [-0.1, -0.05) is 15.9 Å². The fourth-order valence-electron chi connectivity index (χ4n) is 1.24. The molecule has 0 radical (unpaired) electrons. The highest BCUT2D eigenvalue weighted by molar-refractivity contribution is 9.09. The molecule has 0 spiro atoms. The molecule has 0 aromatic rings. The zero-order chi connectivity index (χ0) is 9.78. The third-order valence-corrected chi connectivity index (χ3v) is 2.13. The molecule has 0 fully saturated rings. The van der Waals surface area contributed by atoms with Gasteiger partial charge in [-0.3, -0.25) is 4.79 Å². The van der Waals surface area contributed by atoms with Gasteiger partial charge in [0.05, 0.1) is 0 Å². The maximum atomic E-state index is 11.5. The van der Waals surface area contributed by atoms with Crippen LogP contribution in [0, 0.1) is 0 Å². The summed E-state index contributed by atoms with van der Waals surface area (Å²) >= 11 is 3.27. The summed E-state index contributed by atoms with van der Waals surface area (Å²) in [5, 5.41) is 0.748. The molecule has 0 aromatic heterocycles. The molecule has 3 heteroatoms. The van der Waals surface area contributed by atoms with Crippen molar-refractivity contribution in [1.29, 1.82) is 0 Å². The first-order valence-electron chi connectivity index (χ1n) is 4.30. The van der Waals surface area contributed by atoms with Gasteiger partial charge in [0.25, 0.3) is 0 Å². The van der Waals surface area contributed by atoms with E-state index in [-0.39, 0.29) is 11.4 Å². The van der Waals surface area contributed by atoms with Crippen LogP contribution < -0.4 is 0 Å². The molecule has 0 saturated carbocycles. The van der Waals surface area contributed by atoms with Crippen molar-refractivity contribution in [3.8, 4) is 0 Å². The van der Waals surface area contributed by atoms with E-state index in [2.05, 4.69) is 36.7 Å². The van der Waals surface area contributed by atoms with Crippen LogP contribution in [0.5, 0.6) is 0 Å². The predicted octanol–water partition coefficient (Wildman–Crippen LogP) is 2.42. The van der Waals surface area contributed by atoms with Crippen molar-refractivity contribution in [3.63, 3.8) is 0 Å².